The molecular formula is C23H20N2O2. The fraction of sp³-hybridized carbons (Fsp3) is 0.217. The van der Waals surface area contributed by atoms with E-state index >= 15 is 0 Å². The number of nitrogens with zero attached hydrogens (tertiary/aromatic N) is 2. The molecule has 0 saturated heterocycles. The van der Waals surface area contributed by atoms with Gasteiger partial charge in [-0.1, -0.05) is 42.5 Å². The average molecular weight is 356 g/mol. The highest BCUT2D eigenvalue weighted by atomic mass is 16.5. The van der Waals surface area contributed by atoms with Crippen molar-refractivity contribution in [1.29, 1.82) is 0 Å². The van der Waals surface area contributed by atoms with Gasteiger partial charge in [-0.15, -0.1) is 0 Å². The lowest BCUT2D eigenvalue weighted by molar-refractivity contribution is -0.135. The van der Waals surface area contributed by atoms with Gasteiger partial charge in [0.1, 0.15) is 12.4 Å². The summed E-state index contributed by atoms with van der Waals surface area (Å²) in [6, 6.07) is 16.4. The van der Waals surface area contributed by atoms with E-state index in [-0.39, 0.29) is 11.8 Å². The smallest absolute Gasteiger partial charge is 0.230 e. The van der Waals surface area contributed by atoms with E-state index in [9.17, 15) is 4.79 Å². The van der Waals surface area contributed by atoms with Crippen LogP contribution < -0.4 is 4.74 Å². The van der Waals surface area contributed by atoms with Crippen molar-refractivity contribution >= 4 is 22.3 Å². The van der Waals surface area contributed by atoms with Crippen LogP contribution in [0.1, 0.15) is 11.1 Å². The van der Waals surface area contributed by atoms with Crippen molar-refractivity contribution in [3.8, 4) is 5.75 Å². The third-order valence-electron chi connectivity index (χ3n) is 5.50. The van der Waals surface area contributed by atoms with Gasteiger partial charge in [0, 0.05) is 31.0 Å². The Kier molecular flexibility index (Phi) is 3.89. The van der Waals surface area contributed by atoms with Crippen LogP contribution in [0.5, 0.6) is 5.75 Å². The Morgan fingerprint density at radius 1 is 1.11 bits per heavy atom. The molecule has 1 aromatic heterocycles. The van der Waals surface area contributed by atoms with E-state index in [0.29, 0.717) is 19.7 Å². The van der Waals surface area contributed by atoms with E-state index in [0.717, 1.165) is 23.3 Å². The SMILES string of the molecule is O=C(C1COc2ccc3ccccc3c2C1)N1CC=C(c2cccnc2)C1. The highest BCUT2D eigenvalue weighted by Gasteiger charge is 2.32. The number of fused-ring (bicyclic) bond motifs is 3. The van der Waals surface area contributed by atoms with Gasteiger partial charge < -0.3 is 9.64 Å². The van der Waals surface area contributed by atoms with E-state index in [4.69, 9.17) is 4.74 Å². The first-order valence-electron chi connectivity index (χ1n) is 9.31. The van der Waals surface area contributed by atoms with E-state index in [1.165, 1.54) is 16.3 Å². The van der Waals surface area contributed by atoms with Gasteiger partial charge in [0.05, 0.1) is 5.92 Å². The molecule has 4 nitrogen and oxygen atoms in total. The summed E-state index contributed by atoms with van der Waals surface area (Å²) in [7, 11) is 0. The third kappa shape index (κ3) is 2.87. The van der Waals surface area contributed by atoms with Crippen molar-refractivity contribution in [3.63, 3.8) is 0 Å². The molecule has 134 valence electrons. The van der Waals surface area contributed by atoms with Crippen LogP contribution in [0.15, 0.2) is 67.0 Å². The van der Waals surface area contributed by atoms with E-state index in [1.54, 1.807) is 6.20 Å². The van der Waals surface area contributed by atoms with Crippen molar-refractivity contribution in [2.75, 3.05) is 19.7 Å². The summed E-state index contributed by atoms with van der Waals surface area (Å²) < 4.78 is 5.96. The lowest BCUT2D eigenvalue weighted by Crippen LogP contribution is -2.39. The molecule has 0 N–H and O–H groups in total. The number of pyridine rings is 1. The van der Waals surface area contributed by atoms with Gasteiger partial charge in [-0.25, -0.2) is 0 Å². The van der Waals surface area contributed by atoms with E-state index in [1.807, 2.05) is 41.4 Å². The minimum atomic E-state index is -0.134. The van der Waals surface area contributed by atoms with Crippen LogP contribution in [0.4, 0.5) is 0 Å². The number of aromatic nitrogens is 1. The molecule has 5 rings (SSSR count). The lowest BCUT2D eigenvalue weighted by atomic mass is 9.91. The second kappa shape index (κ2) is 6.54. The van der Waals surface area contributed by atoms with Gasteiger partial charge >= 0.3 is 0 Å². The molecule has 0 radical (unpaired) electrons. The fourth-order valence-electron chi connectivity index (χ4n) is 4.06. The number of amides is 1. The summed E-state index contributed by atoms with van der Waals surface area (Å²) in [6.45, 7) is 1.74. The van der Waals surface area contributed by atoms with Crippen LogP contribution in [-0.2, 0) is 11.2 Å². The molecule has 1 amide bonds. The van der Waals surface area contributed by atoms with Gasteiger partial charge in [-0.2, -0.15) is 0 Å². The van der Waals surface area contributed by atoms with Crippen LogP contribution in [0.3, 0.4) is 0 Å². The highest BCUT2D eigenvalue weighted by molar-refractivity contribution is 5.90. The van der Waals surface area contributed by atoms with E-state index in [2.05, 4.69) is 29.3 Å². The Balaban J connectivity index is 1.35. The molecule has 2 aliphatic heterocycles. The molecule has 0 saturated carbocycles. The second-order valence-corrected chi connectivity index (χ2v) is 7.17. The summed E-state index contributed by atoms with van der Waals surface area (Å²) in [5.74, 6) is 0.946. The normalized spacial score (nSPS) is 18.7. The summed E-state index contributed by atoms with van der Waals surface area (Å²) in [5, 5.41) is 2.37. The molecule has 4 heteroatoms. The molecule has 1 atom stereocenters. The summed E-state index contributed by atoms with van der Waals surface area (Å²) in [6.07, 6.45) is 6.48. The van der Waals surface area contributed by atoms with Crippen LogP contribution >= 0.6 is 0 Å². The number of ether oxygens (including phenoxy) is 1. The Hall–Kier alpha value is -3.14. The van der Waals surface area contributed by atoms with Crippen molar-refractivity contribution in [2.24, 2.45) is 5.92 Å². The second-order valence-electron chi connectivity index (χ2n) is 7.17. The maximum absolute atomic E-state index is 13.1. The molecule has 27 heavy (non-hydrogen) atoms. The Morgan fingerprint density at radius 3 is 2.93 bits per heavy atom. The van der Waals surface area contributed by atoms with Gasteiger partial charge in [0.15, 0.2) is 0 Å². The van der Waals surface area contributed by atoms with Crippen LogP contribution in [0.2, 0.25) is 0 Å². The highest BCUT2D eigenvalue weighted by Crippen LogP contribution is 2.35. The quantitative estimate of drug-likeness (QED) is 0.703. The molecule has 1 unspecified atom stereocenters. The zero-order valence-corrected chi connectivity index (χ0v) is 15.0. The van der Waals surface area contributed by atoms with Gasteiger partial charge in [-0.05, 0) is 40.5 Å². The van der Waals surface area contributed by atoms with Crippen LogP contribution in [-0.4, -0.2) is 35.5 Å². The molecule has 2 aromatic carbocycles. The maximum Gasteiger partial charge on any atom is 0.230 e. The Morgan fingerprint density at radius 2 is 2.04 bits per heavy atom. The maximum atomic E-state index is 13.1. The van der Waals surface area contributed by atoms with Crippen molar-refractivity contribution in [3.05, 3.63) is 78.1 Å². The monoisotopic (exact) mass is 356 g/mol. The van der Waals surface area contributed by atoms with Crippen molar-refractivity contribution in [1.82, 2.24) is 9.88 Å². The Bertz CT molecular complexity index is 1040. The first-order valence-corrected chi connectivity index (χ1v) is 9.31. The molecule has 0 fully saturated rings. The number of carbonyl (C=O) groups is 1. The summed E-state index contributed by atoms with van der Waals surface area (Å²) in [4.78, 5) is 19.2. The number of hydrogen-bond donors (Lipinski definition) is 0. The standard InChI is InChI=1S/C23H20N2O2/c26-23(25-11-9-18(14-25)17-5-3-10-24-13-17)19-12-21-20-6-2-1-4-16(20)7-8-22(21)27-15-19/h1-10,13,19H,11-12,14-15H2. The Labute approximate surface area is 158 Å². The predicted octanol–water partition coefficient (Wildman–Crippen LogP) is 3.71. The first-order chi connectivity index (χ1) is 13.3. The fourth-order valence-corrected chi connectivity index (χ4v) is 4.06. The number of rotatable bonds is 2. The molecule has 0 bridgehead atoms. The molecular weight excluding hydrogens is 336 g/mol. The number of benzene rings is 2. The van der Waals surface area contributed by atoms with Gasteiger partial charge in [0.25, 0.3) is 0 Å². The molecule has 2 aliphatic rings. The predicted molar refractivity (Wildman–Crippen MR) is 105 cm³/mol. The molecule has 0 aliphatic carbocycles. The summed E-state index contributed by atoms with van der Waals surface area (Å²) >= 11 is 0. The number of carbonyl (C=O) groups excluding carboxylic acids is 1. The van der Waals surface area contributed by atoms with Crippen LogP contribution in [0, 0.1) is 5.92 Å². The topological polar surface area (TPSA) is 42.4 Å². The number of hydrogen-bond acceptors (Lipinski definition) is 3. The lowest BCUT2D eigenvalue weighted by Gasteiger charge is -2.29. The first kappa shape index (κ1) is 16.1. The average Bonchev–Trinajstić information content (AvgIpc) is 3.24. The van der Waals surface area contributed by atoms with Crippen molar-refractivity contribution in [2.45, 2.75) is 6.42 Å². The third-order valence-corrected chi connectivity index (χ3v) is 5.50. The zero-order valence-electron chi connectivity index (χ0n) is 15.0. The van der Waals surface area contributed by atoms with E-state index < -0.39 is 0 Å². The van der Waals surface area contributed by atoms with Gasteiger partial charge in [0.2, 0.25) is 5.91 Å². The van der Waals surface area contributed by atoms with Crippen molar-refractivity contribution < 1.29 is 9.53 Å². The van der Waals surface area contributed by atoms with Crippen LogP contribution in [0.25, 0.3) is 16.3 Å². The molecule has 3 heterocycles. The largest absolute Gasteiger partial charge is 0.492 e. The van der Waals surface area contributed by atoms with Gasteiger partial charge in [-0.3, -0.25) is 9.78 Å². The summed E-state index contributed by atoms with van der Waals surface area (Å²) in [5.41, 5.74) is 3.40. The minimum absolute atomic E-state index is 0.134. The molecule has 3 aromatic rings. The zero-order chi connectivity index (χ0) is 18.2. The minimum Gasteiger partial charge on any atom is -0.492 e. The molecule has 0 spiro atoms.